The molecule has 0 saturated heterocycles. The van der Waals surface area contributed by atoms with Crippen LogP contribution in [0.3, 0.4) is 0 Å². The lowest BCUT2D eigenvalue weighted by atomic mass is 10.2. The molecule has 88 valence electrons. The van der Waals surface area contributed by atoms with E-state index in [-0.39, 0.29) is 5.78 Å². The van der Waals surface area contributed by atoms with Gasteiger partial charge in [-0.2, -0.15) is 5.10 Å². The molecule has 2 rings (SSSR count). The quantitative estimate of drug-likeness (QED) is 0.743. The number of ketones is 1. The van der Waals surface area contributed by atoms with Crippen molar-refractivity contribution in [1.82, 2.24) is 19.7 Å². The molecule has 2 aromatic heterocycles. The summed E-state index contributed by atoms with van der Waals surface area (Å²) in [6, 6.07) is 0. The van der Waals surface area contributed by atoms with Gasteiger partial charge < -0.3 is 4.74 Å². The number of Topliss-reactive ketones (excluding diaryl/α,β-unsaturated/α-hetero) is 1. The van der Waals surface area contributed by atoms with Gasteiger partial charge in [0.2, 0.25) is 5.82 Å². The number of methoxy groups -OCH3 is 1. The molecule has 0 fully saturated rings. The van der Waals surface area contributed by atoms with Crippen LogP contribution in [0.2, 0.25) is 0 Å². The monoisotopic (exact) mass is 232 g/mol. The third-order valence-corrected chi connectivity index (χ3v) is 2.43. The summed E-state index contributed by atoms with van der Waals surface area (Å²) in [5.74, 6) is 0.811. The molecule has 0 bridgehead atoms. The number of nitrogens with zero attached hydrogens (tertiary/aromatic N) is 4. The standard InChI is InChI=1S/C11H12N4O2/c1-7-9(8(2)16)6-14-15(7)10-11(17-3)13-5-4-12-10/h4-6H,1-3H3. The average molecular weight is 232 g/mol. The van der Waals surface area contributed by atoms with E-state index in [2.05, 4.69) is 15.1 Å². The summed E-state index contributed by atoms with van der Waals surface area (Å²) in [7, 11) is 1.51. The third kappa shape index (κ3) is 1.89. The molecule has 0 aliphatic carbocycles. The molecule has 0 amide bonds. The van der Waals surface area contributed by atoms with Crippen LogP contribution in [0.1, 0.15) is 23.0 Å². The lowest BCUT2D eigenvalue weighted by Gasteiger charge is -2.07. The molecule has 0 N–H and O–H groups in total. The zero-order valence-corrected chi connectivity index (χ0v) is 9.84. The number of ether oxygens (including phenoxy) is 1. The molecule has 6 nitrogen and oxygen atoms in total. The lowest BCUT2D eigenvalue weighted by Crippen LogP contribution is -2.06. The number of hydrogen-bond acceptors (Lipinski definition) is 5. The number of carbonyl (C=O) groups excluding carboxylic acids is 1. The van der Waals surface area contributed by atoms with E-state index >= 15 is 0 Å². The van der Waals surface area contributed by atoms with Gasteiger partial charge in [-0.25, -0.2) is 14.6 Å². The minimum Gasteiger partial charge on any atom is -0.478 e. The SMILES string of the molecule is COc1nccnc1-n1ncc(C(C)=O)c1C. The van der Waals surface area contributed by atoms with Crippen molar-refractivity contribution in [3.05, 3.63) is 29.8 Å². The van der Waals surface area contributed by atoms with Gasteiger partial charge in [0.05, 0.1) is 24.6 Å². The molecule has 0 aromatic carbocycles. The van der Waals surface area contributed by atoms with E-state index in [4.69, 9.17) is 4.74 Å². The minimum atomic E-state index is -0.0309. The zero-order valence-electron chi connectivity index (χ0n) is 9.84. The van der Waals surface area contributed by atoms with Crippen LogP contribution in [-0.4, -0.2) is 32.6 Å². The Hall–Kier alpha value is -2.24. The normalized spacial score (nSPS) is 10.3. The van der Waals surface area contributed by atoms with Gasteiger partial charge in [-0.15, -0.1) is 0 Å². The smallest absolute Gasteiger partial charge is 0.259 e. The predicted molar refractivity (Wildman–Crippen MR) is 60.4 cm³/mol. The van der Waals surface area contributed by atoms with E-state index in [0.29, 0.717) is 17.3 Å². The van der Waals surface area contributed by atoms with E-state index < -0.39 is 0 Å². The van der Waals surface area contributed by atoms with Gasteiger partial charge in [0, 0.05) is 12.4 Å². The maximum atomic E-state index is 11.3. The lowest BCUT2D eigenvalue weighted by molar-refractivity contribution is 0.101. The Labute approximate surface area is 98.3 Å². The minimum absolute atomic E-state index is 0.0309. The first-order chi connectivity index (χ1) is 8.15. The van der Waals surface area contributed by atoms with Gasteiger partial charge in [-0.05, 0) is 13.8 Å². The summed E-state index contributed by atoms with van der Waals surface area (Å²) >= 11 is 0. The van der Waals surface area contributed by atoms with Gasteiger partial charge in [0.25, 0.3) is 5.88 Å². The van der Waals surface area contributed by atoms with Crippen LogP contribution in [0.15, 0.2) is 18.6 Å². The molecule has 0 radical (unpaired) electrons. The molecule has 6 heteroatoms. The second-order valence-electron chi connectivity index (χ2n) is 3.50. The van der Waals surface area contributed by atoms with Crippen molar-refractivity contribution in [2.24, 2.45) is 0 Å². The number of hydrogen-bond donors (Lipinski definition) is 0. The zero-order chi connectivity index (χ0) is 12.4. The molecule has 0 aliphatic rings. The van der Waals surface area contributed by atoms with Crippen molar-refractivity contribution in [2.75, 3.05) is 7.11 Å². The highest BCUT2D eigenvalue weighted by atomic mass is 16.5. The van der Waals surface area contributed by atoms with Crippen LogP contribution >= 0.6 is 0 Å². The van der Waals surface area contributed by atoms with E-state index in [1.165, 1.54) is 26.4 Å². The van der Waals surface area contributed by atoms with Gasteiger partial charge >= 0.3 is 0 Å². The Morgan fingerprint density at radius 3 is 2.65 bits per heavy atom. The van der Waals surface area contributed by atoms with Gasteiger partial charge in [-0.1, -0.05) is 0 Å². The number of carbonyl (C=O) groups is 1. The van der Waals surface area contributed by atoms with Crippen LogP contribution in [0.4, 0.5) is 0 Å². The largest absolute Gasteiger partial charge is 0.478 e. The maximum Gasteiger partial charge on any atom is 0.259 e. The first-order valence-electron chi connectivity index (χ1n) is 5.06. The van der Waals surface area contributed by atoms with Gasteiger partial charge in [0.1, 0.15) is 0 Å². The Balaban J connectivity index is 2.57. The molecule has 0 spiro atoms. The second kappa shape index (κ2) is 4.32. The molecular formula is C11H12N4O2. The predicted octanol–water partition coefficient (Wildman–Crippen LogP) is 1.18. The van der Waals surface area contributed by atoms with Crippen LogP contribution in [-0.2, 0) is 0 Å². The topological polar surface area (TPSA) is 69.9 Å². The molecule has 0 atom stereocenters. The van der Waals surface area contributed by atoms with Crippen molar-refractivity contribution >= 4 is 5.78 Å². The third-order valence-electron chi connectivity index (χ3n) is 2.43. The van der Waals surface area contributed by atoms with E-state index in [1.54, 1.807) is 17.8 Å². The van der Waals surface area contributed by atoms with Gasteiger partial charge in [0.15, 0.2) is 5.78 Å². The van der Waals surface area contributed by atoms with Crippen LogP contribution in [0.5, 0.6) is 5.88 Å². The first-order valence-corrected chi connectivity index (χ1v) is 5.06. The number of aromatic nitrogens is 4. The fourth-order valence-corrected chi connectivity index (χ4v) is 1.58. The molecular weight excluding hydrogens is 220 g/mol. The van der Waals surface area contributed by atoms with Crippen molar-refractivity contribution in [2.45, 2.75) is 13.8 Å². The Morgan fingerprint density at radius 2 is 2.06 bits per heavy atom. The molecule has 2 heterocycles. The summed E-state index contributed by atoms with van der Waals surface area (Å²) in [4.78, 5) is 19.5. The van der Waals surface area contributed by atoms with E-state index in [0.717, 1.165) is 5.69 Å². The van der Waals surface area contributed by atoms with Crippen LogP contribution in [0.25, 0.3) is 5.82 Å². The highest BCUT2D eigenvalue weighted by Crippen LogP contribution is 2.19. The Morgan fingerprint density at radius 1 is 1.35 bits per heavy atom. The molecule has 17 heavy (non-hydrogen) atoms. The number of rotatable bonds is 3. The average Bonchev–Trinajstić information content (AvgIpc) is 2.71. The maximum absolute atomic E-state index is 11.3. The van der Waals surface area contributed by atoms with Crippen molar-refractivity contribution in [3.8, 4) is 11.7 Å². The highest BCUT2D eigenvalue weighted by Gasteiger charge is 2.15. The first kappa shape index (κ1) is 11.3. The molecule has 0 unspecified atom stereocenters. The Kier molecular flexibility index (Phi) is 2.86. The van der Waals surface area contributed by atoms with Gasteiger partial charge in [-0.3, -0.25) is 4.79 Å². The summed E-state index contributed by atoms with van der Waals surface area (Å²) in [6.45, 7) is 3.31. The van der Waals surface area contributed by atoms with Crippen LogP contribution < -0.4 is 4.74 Å². The van der Waals surface area contributed by atoms with Crippen molar-refractivity contribution < 1.29 is 9.53 Å². The van der Waals surface area contributed by atoms with Crippen molar-refractivity contribution in [3.63, 3.8) is 0 Å². The fourth-order valence-electron chi connectivity index (χ4n) is 1.58. The van der Waals surface area contributed by atoms with Crippen molar-refractivity contribution in [1.29, 1.82) is 0 Å². The second-order valence-corrected chi connectivity index (χ2v) is 3.50. The summed E-state index contributed by atoms with van der Waals surface area (Å²) < 4.78 is 6.65. The molecule has 0 aliphatic heterocycles. The Bertz CT molecular complexity index is 562. The summed E-state index contributed by atoms with van der Waals surface area (Å²) in [6.07, 6.45) is 4.60. The fraction of sp³-hybridized carbons (Fsp3) is 0.273. The van der Waals surface area contributed by atoms with E-state index in [1.807, 2.05) is 0 Å². The summed E-state index contributed by atoms with van der Waals surface area (Å²) in [5.41, 5.74) is 1.29. The molecule has 0 saturated carbocycles. The van der Waals surface area contributed by atoms with E-state index in [9.17, 15) is 4.79 Å². The van der Waals surface area contributed by atoms with Crippen LogP contribution in [0, 0.1) is 6.92 Å². The highest BCUT2D eigenvalue weighted by molar-refractivity contribution is 5.95. The molecule has 2 aromatic rings. The summed E-state index contributed by atoms with van der Waals surface area (Å²) in [5, 5.41) is 4.13.